The van der Waals surface area contributed by atoms with Crippen LogP contribution in [0.3, 0.4) is 0 Å². The molecular weight excluding hydrogens is 260 g/mol. The molecule has 1 aromatic carbocycles. The van der Waals surface area contributed by atoms with Gasteiger partial charge in [-0.25, -0.2) is 4.98 Å². The summed E-state index contributed by atoms with van der Waals surface area (Å²) in [6.45, 7) is 2.25. The summed E-state index contributed by atoms with van der Waals surface area (Å²) in [6, 6.07) is 8.22. The zero-order valence-corrected chi connectivity index (χ0v) is 11.4. The average molecular weight is 274 g/mol. The Balaban J connectivity index is 1.84. The van der Waals surface area contributed by atoms with E-state index >= 15 is 0 Å². The second-order valence-corrected chi connectivity index (χ2v) is 5.27. The number of aromatic nitrogens is 2. The molecule has 98 valence electrons. The fourth-order valence-electron chi connectivity index (χ4n) is 2.08. The third kappa shape index (κ3) is 2.33. The van der Waals surface area contributed by atoms with Gasteiger partial charge in [0.1, 0.15) is 0 Å². The standard InChI is InChI=1S/C14H14N2O2S/c1-2-18-13(17)8-7-10-9-16-11-5-3-4-6-12(11)19-14(16)15-10/h3-6,9H,2,7-8H2,1H3. The summed E-state index contributed by atoms with van der Waals surface area (Å²) in [5.41, 5.74) is 2.10. The predicted molar refractivity (Wildman–Crippen MR) is 75.5 cm³/mol. The topological polar surface area (TPSA) is 43.6 Å². The molecule has 0 bridgehead atoms. The number of rotatable bonds is 4. The molecule has 2 heterocycles. The lowest BCUT2D eigenvalue weighted by molar-refractivity contribution is -0.143. The van der Waals surface area contributed by atoms with Crippen molar-refractivity contribution in [3.05, 3.63) is 36.2 Å². The summed E-state index contributed by atoms with van der Waals surface area (Å²) < 4.78 is 8.23. The van der Waals surface area contributed by atoms with Crippen molar-refractivity contribution in [1.82, 2.24) is 9.38 Å². The van der Waals surface area contributed by atoms with Crippen LogP contribution in [-0.2, 0) is 16.0 Å². The van der Waals surface area contributed by atoms with Crippen molar-refractivity contribution in [2.24, 2.45) is 0 Å². The van der Waals surface area contributed by atoms with Crippen molar-refractivity contribution < 1.29 is 9.53 Å². The van der Waals surface area contributed by atoms with Gasteiger partial charge in [0, 0.05) is 12.6 Å². The van der Waals surface area contributed by atoms with Crippen LogP contribution in [-0.4, -0.2) is 22.0 Å². The second kappa shape index (κ2) is 5.01. The molecule has 0 radical (unpaired) electrons. The van der Waals surface area contributed by atoms with E-state index in [-0.39, 0.29) is 5.97 Å². The molecule has 0 atom stereocenters. The summed E-state index contributed by atoms with van der Waals surface area (Å²) in [7, 11) is 0. The maximum absolute atomic E-state index is 11.3. The second-order valence-electron chi connectivity index (χ2n) is 4.26. The highest BCUT2D eigenvalue weighted by Crippen LogP contribution is 2.26. The van der Waals surface area contributed by atoms with E-state index in [1.165, 1.54) is 4.70 Å². The molecule has 0 aliphatic heterocycles. The fourth-order valence-corrected chi connectivity index (χ4v) is 3.11. The van der Waals surface area contributed by atoms with Crippen LogP contribution >= 0.6 is 11.3 Å². The number of hydrogen-bond acceptors (Lipinski definition) is 4. The highest BCUT2D eigenvalue weighted by Gasteiger charge is 2.10. The number of hydrogen-bond donors (Lipinski definition) is 0. The SMILES string of the molecule is CCOC(=O)CCc1cn2c(n1)sc1ccccc12. The van der Waals surface area contributed by atoms with Crippen LogP contribution in [0.5, 0.6) is 0 Å². The van der Waals surface area contributed by atoms with Crippen molar-refractivity contribution in [2.45, 2.75) is 19.8 Å². The van der Waals surface area contributed by atoms with E-state index in [0.29, 0.717) is 19.4 Å². The Kier molecular flexibility index (Phi) is 3.21. The molecule has 2 aromatic heterocycles. The number of nitrogens with zero attached hydrogens (tertiary/aromatic N) is 2. The minimum absolute atomic E-state index is 0.163. The van der Waals surface area contributed by atoms with Gasteiger partial charge in [-0.2, -0.15) is 0 Å². The van der Waals surface area contributed by atoms with Gasteiger partial charge in [-0.05, 0) is 19.1 Å². The van der Waals surface area contributed by atoms with Gasteiger partial charge in [-0.1, -0.05) is 23.5 Å². The zero-order valence-electron chi connectivity index (χ0n) is 10.6. The Morgan fingerprint density at radius 2 is 2.26 bits per heavy atom. The molecule has 0 spiro atoms. The van der Waals surface area contributed by atoms with E-state index in [1.54, 1.807) is 11.3 Å². The Bertz CT molecular complexity index is 729. The van der Waals surface area contributed by atoms with Crippen LogP contribution in [0.4, 0.5) is 0 Å². The van der Waals surface area contributed by atoms with Gasteiger partial charge in [0.2, 0.25) is 0 Å². The van der Waals surface area contributed by atoms with E-state index in [9.17, 15) is 4.79 Å². The van der Waals surface area contributed by atoms with E-state index in [1.807, 2.05) is 25.3 Å². The monoisotopic (exact) mass is 274 g/mol. The van der Waals surface area contributed by atoms with Gasteiger partial charge in [-0.15, -0.1) is 0 Å². The highest BCUT2D eigenvalue weighted by molar-refractivity contribution is 7.23. The maximum atomic E-state index is 11.3. The zero-order chi connectivity index (χ0) is 13.2. The van der Waals surface area contributed by atoms with Gasteiger partial charge in [0.15, 0.2) is 4.96 Å². The molecule has 3 rings (SSSR count). The quantitative estimate of drug-likeness (QED) is 0.687. The number of esters is 1. The van der Waals surface area contributed by atoms with Crippen molar-refractivity contribution >= 4 is 32.5 Å². The molecule has 5 heteroatoms. The van der Waals surface area contributed by atoms with Crippen molar-refractivity contribution in [2.75, 3.05) is 6.61 Å². The summed E-state index contributed by atoms with van der Waals surface area (Å²) in [6.07, 6.45) is 3.02. The molecule has 4 nitrogen and oxygen atoms in total. The lowest BCUT2D eigenvalue weighted by Crippen LogP contribution is -2.05. The fraction of sp³-hybridized carbons (Fsp3) is 0.286. The third-order valence-corrected chi connectivity index (χ3v) is 3.98. The summed E-state index contributed by atoms with van der Waals surface area (Å²) in [4.78, 5) is 16.9. The average Bonchev–Trinajstić information content (AvgIpc) is 2.93. The molecule has 0 saturated carbocycles. The minimum atomic E-state index is -0.163. The Morgan fingerprint density at radius 3 is 3.11 bits per heavy atom. The van der Waals surface area contributed by atoms with Crippen molar-refractivity contribution in [1.29, 1.82) is 0 Å². The van der Waals surface area contributed by atoms with E-state index < -0.39 is 0 Å². The van der Waals surface area contributed by atoms with E-state index in [2.05, 4.69) is 21.5 Å². The summed E-state index contributed by atoms with van der Waals surface area (Å²) in [5.74, 6) is -0.163. The van der Waals surface area contributed by atoms with Gasteiger partial charge >= 0.3 is 5.97 Å². The highest BCUT2D eigenvalue weighted by atomic mass is 32.1. The lowest BCUT2D eigenvalue weighted by atomic mass is 10.2. The van der Waals surface area contributed by atoms with Gasteiger partial charge < -0.3 is 4.74 Å². The van der Waals surface area contributed by atoms with Crippen LogP contribution in [0.2, 0.25) is 0 Å². The van der Waals surface area contributed by atoms with Crippen LogP contribution in [0.25, 0.3) is 15.2 Å². The Hall–Kier alpha value is -1.88. The number of imidazole rings is 1. The van der Waals surface area contributed by atoms with Crippen LogP contribution in [0, 0.1) is 0 Å². The summed E-state index contributed by atoms with van der Waals surface area (Å²) in [5, 5.41) is 0. The van der Waals surface area contributed by atoms with Crippen LogP contribution in [0.15, 0.2) is 30.5 Å². The number of fused-ring (bicyclic) bond motifs is 3. The molecule has 0 fully saturated rings. The van der Waals surface area contributed by atoms with Gasteiger partial charge in [0.05, 0.1) is 28.9 Å². The first-order valence-corrected chi connectivity index (χ1v) is 7.10. The Labute approximate surface area is 114 Å². The predicted octanol–water partition coefficient (Wildman–Crippen LogP) is 3.04. The molecule has 0 aliphatic carbocycles. The third-order valence-electron chi connectivity index (χ3n) is 2.94. The number of aryl methyl sites for hydroxylation is 1. The van der Waals surface area contributed by atoms with Crippen molar-refractivity contribution in [3.8, 4) is 0 Å². The number of ether oxygens (including phenoxy) is 1. The number of para-hydroxylation sites is 1. The van der Waals surface area contributed by atoms with E-state index in [0.717, 1.165) is 16.2 Å². The lowest BCUT2D eigenvalue weighted by Gasteiger charge is -1.98. The molecule has 0 amide bonds. The molecule has 0 saturated heterocycles. The number of carbonyl (C=O) groups is 1. The first kappa shape index (κ1) is 12.2. The molecule has 0 unspecified atom stereocenters. The maximum Gasteiger partial charge on any atom is 0.306 e. The number of thiazole rings is 1. The molecular formula is C14H14N2O2S. The summed E-state index contributed by atoms with van der Waals surface area (Å²) >= 11 is 1.66. The van der Waals surface area contributed by atoms with Crippen LogP contribution < -0.4 is 0 Å². The molecule has 0 aliphatic rings. The van der Waals surface area contributed by atoms with Gasteiger partial charge in [0.25, 0.3) is 0 Å². The normalized spacial score (nSPS) is 11.2. The largest absolute Gasteiger partial charge is 0.466 e. The minimum Gasteiger partial charge on any atom is -0.466 e. The molecule has 0 N–H and O–H groups in total. The number of carbonyl (C=O) groups excluding carboxylic acids is 1. The Morgan fingerprint density at radius 1 is 1.42 bits per heavy atom. The van der Waals surface area contributed by atoms with Crippen LogP contribution in [0.1, 0.15) is 19.0 Å². The van der Waals surface area contributed by atoms with Gasteiger partial charge in [-0.3, -0.25) is 9.20 Å². The van der Waals surface area contributed by atoms with Crippen molar-refractivity contribution in [3.63, 3.8) is 0 Å². The van der Waals surface area contributed by atoms with E-state index in [4.69, 9.17) is 4.74 Å². The molecule has 19 heavy (non-hydrogen) atoms. The molecule has 3 aromatic rings. The smallest absolute Gasteiger partial charge is 0.306 e. The first-order valence-electron chi connectivity index (χ1n) is 6.29. The number of benzene rings is 1. The first-order chi connectivity index (χ1) is 9.28.